The van der Waals surface area contributed by atoms with Gasteiger partial charge in [0.05, 0.1) is 17.7 Å². The van der Waals surface area contributed by atoms with Crippen molar-refractivity contribution in [3.05, 3.63) is 35.4 Å². The van der Waals surface area contributed by atoms with Crippen molar-refractivity contribution in [3.8, 4) is 12.1 Å². The largest absolute Gasteiger partial charge is 0.310 e. The van der Waals surface area contributed by atoms with Crippen LogP contribution in [0.4, 0.5) is 0 Å². The van der Waals surface area contributed by atoms with E-state index in [1.807, 2.05) is 18.2 Å². The molecule has 0 amide bonds. The molecule has 1 aliphatic carbocycles. The predicted octanol–water partition coefficient (Wildman–Crippen LogP) is 4.15. The Morgan fingerprint density at radius 1 is 1.27 bits per heavy atom. The molecule has 3 nitrogen and oxygen atoms in total. The van der Waals surface area contributed by atoms with E-state index < -0.39 is 0 Å². The molecule has 0 unspecified atom stereocenters. The summed E-state index contributed by atoms with van der Waals surface area (Å²) in [6, 6.07) is 12.9. The summed E-state index contributed by atoms with van der Waals surface area (Å²) in [5.74, 6) is 0.570. The smallest absolute Gasteiger partial charge is 0.0991 e. The van der Waals surface area contributed by atoms with Gasteiger partial charge in [0.15, 0.2) is 0 Å². The lowest BCUT2D eigenvalue weighted by Gasteiger charge is -2.42. The van der Waals surface area contributed by atoms with Crippen LogP contribution in [-0.4, -0.2) is 6.04 Å². The summed E-state index contributed by atoms with van der Waals surface area (Å²) in [6.45, 7) is 5.31. The zero-order valence-corrected chi connectivity index (χ0v) is 13.6. The molecule has 0 aromatic heterocycles. The van der Waals surface area contributed by atoms with Gasteiger partial charge in [0.25, 0.3) is 0 Å². The monoisotopic (exact) mass is 295 g/mol. The maximum Gasteiger partial charge on any atom is 0.0991 e. The lowest BCUT2D eigenvalue weighted by atomic mass is 9.64. The highest BCUT2D eigenvalue weighted by Crippen LogP contribution is 2.45. The van der Waals surface area contributed by atoms with Crippen LogP contribution in [-0.2, 0) is 6.54 Å². The minimum absolute atomic E-state index is 0.216. The van der Waals surface area contributed by atoms with E-state index in [1.54, 1.807) is 0 Å². The van der Waals surface area contributed by atoms with Gasteiger partial charge in [0.1, 0.15) is 0 Å². The maximum atomic E-state index is 9.11. The Labute approximate surface area is 134 Å². The second-order valence-corrected chi connectivity index (χ2v) is 6.82. The minimum Gasteiger partial charge on any atom is -0.310 e. The maximum absolute atomic E-state index is 9.11. The van der Waals surface area contributed by atoms with Gasteiger partial charge in [-0.3, -0.25) is 0 Å². The Morgan fingerprint density at radius 2 is 2.00 bits per heavy atom. The highest BCUT2D eigenvalue weighted by molar-refractivity contribution is 5.32. The second kappa shape index (κ2) is 7.43. The van der Waals surface area contributed by atoms with Crippen molar-refractivity contribution in [2.24, 2.45) is 11.3 Å². The average molecular weight is 295 g/mol. The average Bonchev–Trinajstić information content (AvgIpc) is 2.54. The first-order valence-electron chi connectivity index (χ1n) is 8.19. The quantitative estimate of drug-likeness (QED) is 0.887. The SMILES string of the molecule is CC(C)C1(CC#N)CCC(NCc2cccc(C#N)c2)CC1. The summed E-state index contributed by atoms with van der Waals surface area (Å²) in [6.07, 6.45) is 5.22. The third kappa shape index (κ3) is 3.87. The van der Waals surface area contributed by atoms with E-state index in [-0.39, 0.29) is 5.41 Å². The van der Waals surface area contributed by atoms with Gasteiger partial charge in [-0.2, -0.15) is 10.5 Å². The minimum atomic E-state index is 0.216. The summed E-state index contributed by atoms with van der Waals surface area (Å²) in [4.78, 5) is 0. The van der Waals surface area contributed by atoms with Gasteiger partial charge in [-0.15, -0.1) is 0 Å². The van der Waals surface area contributed by atoms with Crippen molar-refractivity contribution < 1.29 is 0 Å². The number of rotatable bonds is 5. The van der Waals surface area contributed by atoms with Gasteiger partial charge in [0, 0.05) is 19.0 Å². The van der Waals surface area contributed by atoms with E-state index in [2.05, 4.69) is 37.4 Å². The Balaban J connectivity index is 1.87. The Hall–Kier alpha value is -1.84. The number of nitriles is 2. The number of hydrogen-bond donors (Lipinski definition) is 1. The van der Waals surface area contributed by atoms with E-state index in [4.69, 9.17) is 10.5 Å². The van der Waals surface area contributed by atoms with E-state index in [0.29, 0.717) is 18.4 Å². The summed E-state index contributed by atoms with van der Waals surface area (Å²) in [5.41, 5.74) is 2.10. The van der Waals surface area contributed by atoms with Crippen LogP contribution in [0.1, 0.15) is 57.1 Å². The Kier molecular flexibility index (Phi) is 5.58. The van der Waals surface area contributed by atoms with E-state index >= 15 is 0 Å². The van der Waals surface area contributed by atoms with Crippen molar-refractivity contribution in [2.75, 3.05) is 0 Å². The summed E-state index contributed by atoms with van der Waals surface area (Å²) in [5, 5.41) is 21.7. The first kappa shape index (κ1) is 16.5. The van der Waals surface area contributed by atoms with Gasteiger partial charge >= 0.3 is 0 Å². The summed E-state index contributed by atoms with van der Waals surface area (Å²) < 4.78 is 0. The predicted molar refractivity (Wildman–Crippen MR) is 87.8 cm³/mol. The first-order valence-corrected chi connectivity index (χ1v) is 8.19. The topological polar surface area (TPSA) is 59.6 Å². The lowest BCUT2D eigenvalue weighted by molar-refractivity contribution is 0.105. The molecule has 1 aromatic rings. The highest BCUT2D eigenvalue weighted by Gasteiger charge is 2.37. The molecule has 0 spiro atoms. The van der Waals surface area contributed by atoms with Gasteiger partial charge in [-0.1, -0.05) is 26.0 Å². The zero-order chi connectivity index (χ0) is 16.0. The van der Waals surface area contributed by atoms with Gasteiger partial charge in [0.2, 0.25) is 0 Å². The second-order valence-electron chi connectivity index (χ2n) is 6.82. The van der Waals surface area contributed by atoms with Crippen LogP contribution in [0, 0.1) is 34.0 Å². The van der Waals surface area contributed by atoms with Crippen LogP contribution in [0.2, 0.25) is 0 Å². The Morgan fingerprint density at radius 3 is 2.59 bits per heavy atom. The molecule has 0 atom stereocenters. The van der Waals surface area contributed by atoms with Crippen LogP contribution in [0.5, 0.6) is 0 Å². The molecule has 1 aliphatic rings. The molecule has 0 aliphatic heterocycles. The fourth-order valence-corrected chi connectivity index (χ4v) is 3.53. The van der Waals surface area contributed by atoms with Crippen molar-refractivity contribution in [3.63, 3.8) is 0 Å². The number of nitrogens with zero attached hydrogens (tertiary/aromatic N) is 2. The molecule has 0 saturated heterocycles. The molecule has 0 bridgehead atoms. The van der Waals surface area contributed by atoms with Crippen LogP contribution in [0.3, 0.4) is 0 Å². The van der Waals surface area contributed by atoms with Crippen molar-refractivity contribution >= 4 is 0 Å². The molecular formula is C19H25N3. The lowest BCUT2D eigenvalue weighted by Crippen LogP contribution is -2.39. The zero-order valence-electron chi connectivity index (χ0n) is 13.6. The number of hydrogen-bond acceptors (Lipinski definition) is 3. The summed E-state index contributed by atoms with van der Waals surface area (Å²) in [7, 11) is 0. The molecule has 0 radical (unpaired) electrons. The van der Waals surface area contributed by atoms with Crippen LogP contribution >= 0.6 is 0 Å². The Bertz CT molecular complexity index is 569. The molecular weight excluding hydrogens is 270 g/mol. The molecule has 0 heterocycles. The van der Waals surface area contributed by atoms with E-state index in [0.717, 1.165) is 43.4 Å². The van der Waals surface area contributed by atoms with E-state index in [9.17, 15) is 0 Å². The van der Waals surface area contributed by atoms with Crippen LogP contribution in [0.25, 0.3) is 0 Å². The third-order valence-corrected chi connectivity index (χ3v) is 5.29. The standard InChI is InChI=1S/C19H25N3/c1-15(2)19(10-11-20)8-6-18(7-9-19)22-14-17-5-3-4-16(12-17)13-21/h3-5,12,15,18,22H,6-10,14H2,1-2H3. The number of nitrogens with one attached hydrogen (secondary N) is 1. The van der Waals surface area contributed by atoms with Crippen LogP contribution < -0.4 is 5.32 Å². The fourth-order valence-electron chi connectivity index (χ4n) is 3.53. The summed E-state index contributed by atoms with van der Waals surface area (Å²) >= 11 is 0. The number of benzene rings is 1. The molecule has 1 saturated carbocycles. The molecule has 116 valence electrons. The highest BCUT2D eigenvalue weighted by atomic mass is 14.9. The van der Waals surface area contributed by atoms with Gasteiger partial charge in [-0.05, 0) is 54.7 Å². The molecule has 3 heteroatoms. The molecule has 1 fully saturated rings. The first-order chi connectivity index (χ1) is 10.6. The van der Waals surface area contributed by atoms with Gasteiger partial charge in [-0.25, -0.2) is 0 Å². The van der Waals surface area contributed by atoms with Gasteiger partial charge < -0.3 is 5.32 Å². The molecule has 22 heavy (non-hydrogen) atoms. The molecule has 2 rings (SSSR count). The van der Waals surface area contributed by atoms with Crippen LogP contribution in [0.15, 0.2) is 24.3 Å². The van der Waals surface area contributed by atoms with Crippen molar-refractivity contribution in [1.82, 2.24) is 5.32 Å². The van der Waals surface area contributed by atoms with Crippen molar-refractivity contribution in [1.29, 1.82) is 10.5 Å². The fraction of sp³-hybridized carbons (Fsp3) is 0.579. The third-order valence-electron chi connectivity index (χ3n) is 5.29. The van der Waals surface area contributed by atoms with E-state index in [1.165, 1.54) is 0 Å². The molecule has 1 N–H and O–H groups in total. The normalized spacial score (nSPS) is 24.7. The van der Waals surface area contributed by atoms with Crippen molar-refractivity contribution in [2.45, 2.75) is 58.5 Å². The molecule has 1 aromatic carbocycles.